The van der Waals surface area contributed by atoms with Crippen LogP contribution in [0, 0.1) is 6.92 Å². The SMILES string of the molecule is COc1cccc(-c2nc(C)c(-c3ccc(SCC(=O)NCC4CCCO4)nn3)s2)c1. The van der Waals surface area contributed by atoms with Gasteiger partial charge in [0, 0.05) is 18.7 Å². The Morgan fingerprint density at radius 1 is 1.32 bits per heavy atom. The number of hydrogen-bond donors (Lipinski definition) is 1. The number of benzene rings is 1. The smallest absolute Gasteiger partial charge is 0.230 e. The van der Waals surface area contributed by atoms with Crippen LogP contribution in [0.4, 0.5) is 0 Å². The lowest BCUT2D eigenvalue weighted by molar-refractivity contribution is -0.119. The molecule has 31 heavy (non-hydrogen) atoms. The summed E-state index contributed by atoms with van der Waals surface area (Å²) in [5, 5.41) is 13.2. The number of hydrogen-bond acceptors (Lipinski definition) is 8. The second kappa shape index (κ2) is 10.2. The summed E-state index contributed by atoms with van der Waals surface area (Å²) in [6.45, 7) is 3.33. The van der Waals surface area contributed by atoms with Gasteiger partial charge in [-0.05, 0) is 44.0 Å². The van der Waals surface area contributed by atoms with Crippen LogP contribution in [0.2, 0.25) is 0 Å². The van der Waals surface area contributed by atoms with Crippen LogP contribution in [-0.4, -0.2) is 53.2 Å². The Hall–Kier alpha value is -2.49. The quantitative estimate of drug-likeness (QED) is 0.513. The first-order valence-electron chi connectivity index (χ1n) is 10.1. The number of carbonyl (C=O) groups is 1. The predicted molar refractivity (Wildman–Crippen MR) is 123 cm³/mol. The predicted octanol–water partition coefficient (Wildman–Crippen LogP) is 3.97. The minimum absolute atomic E-state index is 0.0207. The van der Waals surface area contributed by atoms with Crippen molar-refractivity contribution in [3.05, 3.63) is 42.1 Å². The fraction of sp³-hybridized carbons (Fsp3) is 0.364. The number of thioether (sulfide) groups is 1. The van der Waals surface area contributed by atoms with Gasteiger partial charge in [-0.15, -0.1) is 21.5 Å². The van der Waals surface area contributed by atoms with E-state index in [0.29, 0.717) is 17.3 Å². The molecule has 1 aliphatic rings. The van der Waals surface area contributed by atoms with Crippen molar-refractivity contribution in [3.63, 3.8) is 0 Å². The normalized spacial score (nSPS) is 15.7. The molecule has 3 aromatic rings. The van der Waals surface area contributed by atoms with Crippen molar-refractivity contribution < 1.29 is 14.3 Å². The molecule has 1 N–H and O–H groups in total. The Labute approximate surface area is 189 Å². The molecule has 1 amide bonds. The molecule has 1 fully saturated rings. The third-order valence-electron chi connectivity index (χ3n) is 4.89. The van der Waals surface area contributed by atoms with E-state index in [1.165, 1.54) is 11.8 Å². The summed E-state index contributed by atoms with van der Waals surface area (Å²) in [5.74, 6) is 1.08. The number of aryl methyl sites for hydroxylation is 1. The maximum atomic E-state index is 12.0. The molecule has 3 heterocycles. The number of nitrogens with one attached hydrogen (secondary N) is 1. The van der Waals surface area contributed by atoms with Crippen molar-refractivity contribution in [3.8, 4) is 26.9 Å². The van der Waals surface area contributed by atoms with E-state index in [4.69, 9.17) is 14.5 Å². The first kappa shape index (κ1) is 21.7. The standard InChI is InChI=1S/C22H24N4O3S2/c1-14-21(31-22(24-14)15-5-3-6-16(11-15)28-2)18-8-9-20(26-25-18)30-13-19(27)23-12-17-7-4-10-29-17/h3,5-6,8-9,11,17H,4,7,10,12-13H2,1-2H3,(H,23,27). The Balaban J connectivity index is 1.36. The molecule has 162 valence electrons. The minimum Gasteiger partial charge on any atom is -0.497 e. The van der Waals surface area contributed by atoms with Crippen molar-refractivity contribution in [1.82, 2.24) is 20.5 Å². The van der Waals surface area contributed by atoms with E-state index in [1.807, 2.05) is 43.3 Å². The summed E-state index contributed by atoms with van der Waals surface area (Å²) < 4.78 is 10.8. The number of carbonyl (C=O) groups excluding carboxylic acids is 1. The van der Waals surface area contributed by atoms with Crippen LogP contribution in [0.1, 0.15) is 18.5 Å². The monoisotopic (exact) mass is 456 g/mol. The second-order valence-corrected chi connectivity index (χ2v) is 9.14. The summed E-state index contributed by atoms with van der Waals surface area (Å²) in [4.78, 5) is 17.7. The maximum absolute atomic E-state index is 12.0. The first-order valence-corrected chi connectivity index (χ1v) is 11.9. The average molecular weight is 457 g/mol. The zero-order chi connectivity index (χ0) is 21.6. The summed E-state index contributed by atoms with van der Waals surface area (Å²) in [7, 11) is 1.65. The molecule has 0 radical (unpaired) electrons. The number of nitrogens with zero attached hydrogens (tertiary/aromatic N) is 3. The molecule has 1 aromatic carbocycles. The first-order chi connectivity index (χ1) is 15.1. The van der Waals surface area contributed by atoms with Crippen molar-refractivity contribution >= 4 is 29.0 Å². The average Bonchev–Trinajstić information content (AvgIpc) is 3.46. The molecule has 0 saturated carbocycles. The Bertz CT molecular complexity index is 1030. The third-order valence-corrected chi connectivity index (χ3v) is 7.04. The highest BCUT2D eigenvalue weighted by molar-refractivity contribution is 7.99. The molecule has 0 bridgehead atoms. The molecule has 2 aromatic heterocycles. The van der Waals surface area contributed by atoms with Crippen LogP contribution in [0.25, 0.3) is 21.1 Å². The van der Waals surface area contributed by atoms with Gasteiger partial charge < -0.3 is 14.8 Å². The number of amides is 1. The summed E-state index contributed by atoms with van der Waals surface area (Å²) >= 11 is 2.95. The van der Waals surface area contributed by atoms with Crippen LogP contribution in [0.15, 0.2) is 41.4 Å². The largest absolute Gasteiger partial charge is 0.497 e. The molecule has 1 aliphatic heterocycles. The topological polar surface area (TPSA) is 86.2 Å². The Kier molecular flexibility index (Phi) is 7.16. The number of rotatable bonds is 8. The lowest BCUT2D eigenvalue weighted by Crippen LogP contribution is -2.32. The van der Waals surface area contributed by atoms with Gasteiger partial charge in [-0.3, -0.25) is 4.79 Å². The molecule has 9 heteroatoms. The fourth-order valence-corrected chi connectivity index (χ4v) is 4.93. The second-order valence-electron chi connectivity index (χ2n) is 7.15. The van der Waals surface area contributed by atoms with Gasteiger partial charge in [0.2, 0.25) is 5.91 Å². The number of thiazole rings is 1. The molecule has 0 spiro atoms. The van der Waals surface area contributed by atoms with Crippen LogP contribution >= 0.6 is 23.1 Å². The molecule has 1 unspecified atom stereocenters. The molecule has 0 aliphatic carbocycles. The number of methoxy groups -OCH3 is 1. The summed E-state index contributed by atoms with van der Waals surface area (Å²) in [6, 6.07) is 11.7. The van der Waals surface area contributed by atoms with Crippen molar-refractivity contribution in [2.45, 2.75) is 30.9 Å². The zero-order valence-corrected chi connectivity index (χ0v) is 19.1. The lowest BCUT2D eigenvalue weighted by Gasteiger charge is -2.10. The van der Waals surface area contributed by atoms with Crippen molar-refractivity contribution in [2.24, 2.45) is 0 Å². The van der Waals surface area contributed by atoms with E-state index in [9.17, 15) is 4.79 Å². The van der Waals surface area contributed by atoms with Crippen molar-refractivity contribution in [2.75, 3.05) is 26.0 Å². The van der Waals surface area contributed by atoms with E-state index in [0.717, 1.165) is 52.0 Å². The third kappa shape index (κ3) is 5.61. The zero-order valence-electron chi connectivity index (χ0n) is 17.5. The van der Waals surface area contributed by atoms with Gasteiger partial charge in [0.15, 0.2) is 0 Å². The van der Waals surface area contributed by atoms with E-state index >= 15 is 0 Å². The highest BCUT2D eigenvalue weighted by Gasteiger charge is 2.17. The number of aromatic nitrogens is 3. The molecule has 4 rings (SSSR count). The van der Waals surface area contributed by atoms with Crippen LogP contribution in [-0.2, 0) is 9.53 Å². The van der Waals surface area contributed by atoms with Crippen LogP contribution < -0.4 is 10.1 Å². The van der Waals surface area contributed by atoms with E-state index in [1.54, 1.807) is 18.4 Å². The highest BCUT2D eigenvalue weighted by Crippen LogP contribution is 2.35. The van der Waals surface area contributed by atoms with Gasteiger partial charge in [-0.2, -0.15) is 0 Å². The van der Waals surface area contributed by atoms with Gasteiger partial charge in [0.25, 0.3) is 0 Å². The van der Waals surface area contributed by atoms with E-state index in [-0.39, 0.29) is 12.0 Å². The molecule has 7 nitrogen and oxygen atoms in total. The fourth-order valence-electron chi connectivity index (χ4n) is 3.26. The highest BCUT2D eigenvalue weighted by atomic mass is 32.2. The number of ether oxygens (including phenoxy) is 2. The van der Waals surface area contributed by atoms with Crippen LogP contribution in [0.5, 0.6) is 5.75 Å². The maximum Gasteiger partial charge on any atom is 0.230 e. The van der Waals surface area contributed by atoms with Gasteiger partial charge in [0.05, 0.1) is 29.5 Å². The minimum atomic E-state index is -0.0207. The lowest BCUT2D eigenvalue weighted by atomic mass is 10.2. The van der Waals surface area contributed by atoms with Gasteiger partial charge >= 0.3 is 0 Å². The van der Waals surface area contributed by atoms with Crippen molar-refractivity contribution in [1.29, 1.82) is 0 Å². The molecule has 1 saturated heterocycles. The summed E-state index contributed by atoms with van der Waals surface area (Å²) in [5.41, 5.74) is 2.69. The molecular formula is C22H24N4O3S2. The molecule has 1 atom stereocenters. The van der Waals surface area contributed by atoms with Gasteiger partial charge in [-0.1, -0.05) is 23.9 Å². The van der Waals surface area contributed by atoms with E-state index in [2.05, 4.69) is 15.5 Å². The van der Waals surface area contributed by atoms with Gasteiger partial charge in [0.1, 0.15) is 21.5 Å². The Morgan fingerprint density at radius 2 is 2.23 bits per heavy atom. The van der Waals surface area contributed by atoms with E-state index < -0.39 is 0 Å². The van der Waals surface area contributed by atoms with Gasteiger partial charge in [-0.25, -0.2) is 4.98 Å². The summed E-state index contributed by atoms with van der Waals surface area (Å²) in [6.07, 6.45) is 2.23. The Morgan fingerprint density at radius 3 is 2.97 bits per heavy atom. The van der Waals surface area contributed by atoms with Crippen LogP contribution in [0.3, 0.4) is 0 Å². The molecular weight excluding hydrogens is 432 g/mol.